The maximum atomic E-state index is 5.42. The second-order valence-corrected chi connectivity index (χ2v) is 31.3. The van der Waals surface area contributed by atoms with Crippen molar-refractivity contribution in [3.63, 3.8) is 0 Å². The molecule has 8 aromatic heterocycles. The summed E-state index contributed by atoms with van der Waals surface area (Å²) in [6.45, 7) is 0. The molecule has 124 heavy (non-hydrogen) atoms. The number of fused-ring (bicyclic) bond motifs is 12. The van der Waals surface area contributed by atoms with Crippen LogP contribution < -0.4 is 0 Å². The van der Waals surface area contributed by atoms with Gasteiger partial charge in [-0.1, -0.05) is 370 Å². The molecule has 0 spiro atoms. The van der Waals surface area contributed by atoms with Crippen molar-refractivity contribution < 1.29 is 0 Å². The van der Waals surface area contributed by atoms with E-state index in [1.54, 1.807) is 0 Å². The minimum atomic E-state index is 0.680. The number of hydrogen-bond acceptors (Lipinski definition) is 6. The molecule has 24 aromatic rings. The first-order valence-electron chi connectivity index (χ1n) is 41.9. The lowest BCUT2D eigenvalue weighted by Gasteiger charge is -2.12. The molecule has 0 N–H and O–H groups in total. The van der Waals surface area contributed by atoms with E-state index in [1.807, 2.05) is 36.4 Å². The third-order valence-electron chi connectivity index (χ3n) is 23.9. The highest BCUT2D eigenvalue weighted by Crippen LogP contribution is 2.47. The molecule has 0 aliphatic rings. The van der Waals surface area contributed by atoms with Crippen molar-refractivity contribution in [3.05, 3.63) is 449 Å². The van der Waals surface area contributed by atoms with Crippen LogP contribution >= 0.6 is 0 Å². The van der Waals surface area contributed by atoms with Crippen LogP contribution in [-0.2, 0) is 0 Å². The predicted octanol–water partition coefficient (Wildman–Crippen LogP) is 28.8. The first-order valence-corrected chi connectivity index (χ1v) is 41.9. The average molecular weight is 1580 g/mol. The van der Waals surface area contributed by atoms with Gasteiger partial charge < -0.3 is 9.13 Å². The highest BCUT2D eigenvalue weighted by Gasteiger charge is 2.27. The van der Waals surface area contributed by atoms with Gasteiger partial charge in [0.2, 0.25) is 0 Å². The minimum Gasteiger partial charge on any atom is -0.309 e. The summed E-state index contributed by atoms with van der Waals surface area (Å²) in [5, 5.41) is 20.2. The monoisotopic (exact) mass is 1580 g/mol. The zero-order valence-corrected chi connectivity index (χ0v) is 67.2. The highest BCUT2D eigenvalue weighted by atomic mass is 15.2. The SMILES string of the molecule is c1ccc(-c2nc(-c3ccc(-c4c(-c5ccccc5)nn5c(-c6ccccc6)cc6ccccc6c45)cc3)cc(-c3ccc4c(c3)c3ccccc3n4-c3ccccc3)n2)cc1.c1ccc(-c2nc(-c3ccc(-c4c(-c5ccccc5)nn5c(-c6ccccc6)cc6ccccc6c45)cc3)cc(-c3cccc4c3c3ccccc3n4-c3ccccc3)n2)cc1. The van der Waals surface area contributed by atoms with Crippen LogP contribution in [0.2, 0.25) is 0 Å². The number of pyridine rings is 2. The van der Waals surface area contributed by atoms with Gasteiger partial charge >= 0.3 is 0 Å². The van der Waals surface area contributed by atoms with Crippen molar-refractivity contribution in [2.75, 3.05) is 0 Å². The van der Waals surface area contributed by atoms with E-state index in [-0.39, 0.29) is 0 Å². The van der Waals surface area contributed by atoms with Gasteiger partial charge in [0.25, 0.3) is 0 Å². The lowest BCUT2D eigenvalue weighted by Crippen LogP contribution is -1.97. The maximum Gasteiger partial charge on any atom is 0.160 e. The van der Waals surface area contributed by atoms with E-state index in [0.29, 0.717) is 11.6 Å². The third kappa shape index (κ3) is 12.8. The number of rotatable bonds is 14. The Kier molecular flexibility index (Phi) is 18.0. The first kappa shape index (κ1) is 72.4. The van der Waals surface area contributed by atoms with E-state index in [2.05, 4.69) is 431 Å². The molecule has 0 fully saturated rings. The molecule has 0 bridgehead atoms. The van der Waals surface area contributed by atoms with E-state index in [0.717, 1.165) is 179 Å². The summed E-state index contributed by atoms with van der Waals surface area (Å²) in [7, 11) is 0. The van der Waals surface area contributed by atoms with Crippen LogP contribution in [0.15, 0.2) is 449 Å². The second-order valence-electron chi connectivity index (χ2n) is 31.3. The van der Waals surface area contributed by atoms with Crippen LogP contribution in [0.1, 0.15) is 0 Å². The summed E-state index contributed by atoms with van der Waals surface area (Å²) in [6.07, 6.45) is 0. The lowest BCUT2D eigenvalue weighted by atomic mass is 9.95. The summed E-state index contributed by atoms with van der Waals surface area (Å²) in [5.41, 5.74) is 31.1. The predicted molar refractivity (Wildman–Crippen MR) is 510 cm³/mol. The molecule has 0 radical (unpaired) electrons. The van der Waals surface area contributed by atoms with Gasteiger partial charge in [-0.15, -0.1) is 0 Å². The van der Waals surface area contributed by atoms with Crippen LogP contribution in [0.25, 0.3) is 223 Å². The zero-order valence-electron chi connectivity index (χ0n) is 67.2. The molecule has 8 heterocycles. The minimum absolute atomic E-state index is 0.680. The molecule has 0 amide bonds. The van der Waals surface area contributed by atoms with Crippen molar-refractivity contribution in [3.8, 4) is 146 Å². The van der Waals surface area contributed by atoms with Gasteiger partial charge in [-0.2, -0.15) is 10.2 Å². The Bertz CT molecular complexity index is 8150. The fourth-order valence-corrected chi connectivity index (χ4v) is 18.1. The maximum absolute atomic E-state index is 5.42. The Hall–Kier alpha value is -16.8. The number of para-hydroxylation sites is 4. The van der Waals surface area contributed by atoms with E-state index in [9.17, 15) is 0 Å². The summed E-state index contributed by atoms with van der Waals surface area (Å²) < 4.78 is 8.97. The summed E-state index contributed by atoms with van der Waals surface area (Å²) in [4.78, 5) is 21.0. The Morgan fingerprint density at radius 3 is 0.992 bits per heavy atom. The van der Waals surface area contributed by atoms with Gasteiger partial charge in [0.1, 0.15) is 11.4 Å². The van der Waals surface area contributed by atoms with E-state index in [1.165, 1.54) is 32.4 Å². The van der Waals surface area contributed by atoms with Crippen LogP contribution in [0.4, 0.5) is 0 Å². The van der Waals surface area contributed by atoms with E-state index < -0.39 is 0 Å². The number of nitrogens with zero attached hydrogens (tertiary/aromatic N) is 10. The van der Waals surface area contributed by atoms with Crippen molar-refractivity contribution >= 4 is 76.2 Å². The second kappa shape index (κ2) is 30.8. The quantitative estimate of drug-likeness (QED) is 0.108. The fraction of sp³-hybridized carbons (Fsp3) is 0. The molecule has 0 saturated heterocycles. The summed E-state index contributed by atoms with van der Waals surface area (Å²) in [5.74, 6) is 1.36. The Labute approximate surface area is 715 Å². The summed E-state index contributed by atoms with van der Waals surface area (Å²) in [6, 6.07) is 158. The molecular formula is C114H74N10. The van der Waals surface area contributed by atoms with Crippen molar-refractivity contribution in [1.29, 1.82) is 0 Å². The molecule has 0 saturated carbocycles. The molecule has 10 nitrogen and oxygen atoms in total. The molecule has 0 aliphatic carbocycles. The molecule has 0 unspecified atom stereocenters. The van der Waals surface area contributed by atoms with Crippen molar-refractivity contribution in [1.82, 2.24) is 48.3 Å². The van der Waals surface area contributed by atoms with Gasteiger partial charge in [-0.05, 0) is 101 Å². The van der Waals surface area contributed by atoms with Crippen LogP contribution in [-0.4, -0.2) is 48.3 Å². The van der Waals surface area contributed by atoms with Gasteiger partial charge in [0.05, 0.1) is 67.3 Å². The van der Waals surface area contributed by atoms with E-state index in [4.69, 9.17) is 30.1 Å². The van der Waals surface area contributed by atoms with Gasteiger partial charge in [-0.3, -0.25) is 0 Å². The number of benzene rings is 16. The Morgan fingerprint density at radius 1 is 0.194 bits per heavy atom. The van der Waals surface area contributed by atoms with Crippen LogP contribution in [0.3, 0.4) is 0 Å². The Balaban J connectivity index is 0.000000143. The molecular weight excluding hydrogens is 1510 g/mol. The highest BCUT2D eigenvalue weighted by molar-refractivity contribution is 6.17. The van der Waals surface area contributed by atoms with Crippen LogP contribution in [0.5, 0.6) is 0 Å². The first-order chi connectivity index (χ1) is 61.5. The van der Waals surface area contributed by atoms with Crippen molar-refractivity contribution in [2.24, 2.45) is 0 Å². The topological polar surface area (TPSA) is 96.0 Å². The normalized spacial score (nSPS) is 11.5. The standard InChI is InChI=1S/2C57H37N5/c1-5-18-39(19-6-1)52-36-43-24-13-14-27-45(43)56-53(55(60-62(52)56)41-20-7-2-8-21-41)40-34-32-38(33-35-40)48-37-49(59-57(58-48)42-22-9-3-10-23-42)46-29-17-31-51-54(46)47-28-15-16-30-50(47)61(51)44-25-11-4-12-26-44;1-5-17-39(18-6-1)53-36-43-23-13-14-26-46(43)56-54(55(60-62(53)56)41-19-7-2-8-20-41)40-31-29-38(30-32-40)49-37-50(59-57(58-49)42-21-9-3-10-22-42)44-33-34-52-48(35-44)47-27-15-16-28-51(47)61(52)45-24-11-4-12-25-45/h2*1-37H. The molecule has 10 heteroatoms. The lowest BCUT2D eigenvalue weighted by molar-refractivity contribution is 0.979. The van der Waals surface area contributed by atoms with Crippen LogP contribution in [0, 0.1) is 0 Å². The van der Waals surface area contributed by atoms with Gasteiger partial charge in [0, 0.05) is 110 Å². The third-order valence-corrected chi connectivity index (χ3v) is 23.9. The largest absolute Gasteiger partial charge is 0.309 e. The molecule has 580 valence electrons. The van der Waals surface area contributed by atoms with Crippen molar-refractivity contribution in [2.45, 2.75) is 0 Å². The average Bonchev–Trinajstić information content (AvgIpc) is 1.60. The number of hydrogen-bond donors (Lipinski definition) is 0. The zero-order chi connectivity index (χ0) is 82.0. The molecule has 24 rings (SSSR count). The molecule has 16 aromatic carbocycles. The molecule has 0 atom stereocenters. The van der Waals surface area contributed by atoms with Gasteiger partial charge in [-0.25, -0.2) is 29.0 Å². The fourth-order valence-electron chi connectivity index (χ4n) is 18.1. The molecule has 0 aliphatic heterocycles. The smallest absolute Gasteiger partial charge is 0.160 e. The Morgan fingerprint density at radius 2 is 0.524 bits per heavy atom. The van der Waals surface area contributed by atoms with E-state index >= 15 is 0 Å². The van der Waals surface area contributed by atoms with Gasteiger partial charge in [0.15, 0.2) is 11.6 Å². The number of aromatic nitrogens is 10. The summed E-state index contributed by atoms with van der Waals surface area (Å²) >= 11 is 0.